The molecular formula is C21H21N2NaO7. The zero-order valence-electron chi connectivity index (χ0n) is 17.5. The van der Waals surface area contributed by atoms with Crippen molar-refractivity contribution in [3.8, 4) is 23.0 Å². The number of methoxy groups -OCH3 is 2. The maximum Gasteiger partial charge on any atom is 1.00 e. The van der Waals surface area contributed by atoms with E-state index in [9.17, 15) is 14.7 Å². The summed E-state index contributed by atoms with van der Waals surface area (Å²) in [4.78, 5) is 22.8. The molecule has 0 radical (unpaired) electrons. The monoisotopic (exact) mass is 436 g/mol. The number of nitrogens with one attached hydrogen (secondary N) is 1. The third kappa shape index (κ3) is 6.14. The number of fused-ring (bicyclic) bond motifs is 1. The molecule has 3 N–H and O–H groups in total. The van der Waals surface area contributed by atoms with Crippen molar-refractivity contribution in [1.29, 1.82) is 0 Å². The van der Waals surface area contributed by atoms with E-state index in [0.29, 0.717) is 28.7 Å². The first-order valence-corrected chi connectivity index (χ1v) is 9.01. The van der Waals surface area contributed by atoms with Gasteiger partial charge in [-0.2, -0.15) is 0 Å². The average molecular weight is 436 g/mol. The van der Waals surface area contributed by atoms with Crippen molar-refractivity contribution in [2.45, 2.75) is 12.5 Å². The molecule has 0 spiro atoms. The first kappa shape index (κ1) is 24.5. The van der Waals surface area contributed by atoms with Crippen LogP contribution < -0.4 is 64.7 Å². The van der Waals surface area contributed by atoms with Crippen molar-refractivity contribution in [2.24, 2.45) is 5.73 Å². The Kier molecular flexibility index (Phi) is 8.76. The second-order valence-electron chi connectivity index (χ2n) is 6.42. The van der Waals surface area contributed by atoms with Crippen LogP contribution in [0.3, 0.4) is 0 Å². The summed E-state index contributed by atoms with van der Waals surface area (Å²) in [5.74, 6) is 0.0790. The van der Waals surface area contributed by atoms with E-state index in [1.54, 1.807) is 25.3 Å². The van der Waals surface area contributed by atoms with Gasteiger partial charge in [-0.15, -0.1) is 0 Å². The normalized spacial score (nSPS) is 12.7. The van der Waals surface area contributed by atoms with Crippen molar-refractivity contribution >= 4 is 29.7 Å². The van der Waals surface area contributed by atoms with Gasteiger partial charge in [0.25, 0.3) is 0 Å². The minimum absolute atomic E-state index is 0. The standard InChI is InChI=1S/C21H22N2O7.Na/c1-27-16-6-5-12(7-15(16)23-21(26)14(22)10-19(24)25)3-4-13-8-17(28-2)20-18(9-13)29-11-30-20;/h3-9,14H,10-11,22H2,1-2H3,(H,23,26)(H,24,25);/q;+1/p-1/b4-3-;/t14-;/m0./s1. The Bertz CT molecular complexity index is 994. The number of amides is 1. The van der Waals surface area contributed by atoms with Crippen LogP contribution in [0.2, 0.25) is 0 Å². The quantitative estimate of drug-likeness (QED) is 0.359. The topological polar surface area (TPSA) is 132 Å². The molecule has 0 saturated heterocycles. The number of ether oxygens (including phenoxy) is 4. The second kappa shape index (κ2) is 11.1. The van der Waals surface area contributed by atoms with E-state index in [-0.39, 0.29) is 36.4 Å². The van der Waals surface area contributed by atoms with Gasteiger partial charge < -0.3 is 39.9 Å². The van der Waals surface area contributed by atoms with Gasteiger partial charge in [0.2, 0.25) is 18.4 Å². The fourth-order valence-electron chi connectivity index (χ4n) is 2.86. The summed E-state index contributed by atoms with van der Waals surface area (Å²) < 4.78 is 21.4. The number of carbonyl (C=O) groups is 2. The molecule has 3 rings (SSSR count). The number of hydrogen-bond donors (Lipinski definition) is 2. The zero-order valence-corrected chi connectivity index (χ0v) is 19.5. The van der Waals surface area contributed by atoms with Gasteiger partial charge in [0.1, 0.15) is 5.75 Å². The molecule has 0 saturated carbocycles. The molecule has 0 bridgehead atoms. The fourth-order valence-corrected chi connectivity index (χ4v) is 2.86. The minimum Gasteiger partial charge on any atom is -0.550 e. The first-order valence-electron chi connectivity index (χ1n) is 9.01. The molecule has 2 aromatic carbocycles. The maximum atomic E-state index is 12.1. The number of hydrogen-bond acceptors (Lipinski definition) is 8. The van der Waals surface area contributed by atoms with E-state index < -0.39 is 24.3 Å². The van der Waals surface area contributed by atoms with Gasteiger partial charge in [-0.3, -0.25) is 4.79 Å². The molecule has 2 aromatic rings. The Morgan fingerprint density at radius 2 is 1.84 bits per heavy atom. The van der Waals surface area contributed by atoms with Crippen molar-refractivity contribution in [3.05, 3.63) is 41.5 Å². The van der Waals surface area contributed by atoms with Crippen molar-refractivity contribution in [3.63, 3.8) is 0 Å². The van der Waals surface area contributed by atoms with E-state index in [4.69, 9.17) is 24.7 Å². The predicted octanol–water partition coefficient (Wildman–Crippen LogP) is -1.99. The van der Waals surface area contributed by atoms with Crippen molar-refractivity contribution < 1.29 is 63.2 Å². The Morgan fingerprint density at radius 1 is 1.13 bits per heavy atom. The molecule has 1 aliphatic heterocycles. The van der Waals surface area contributed by atoms with E-state index in [2.05, 4.69) is 5.32 Å². The number of carboxylic acid groups (broad SMARTS) is 1. The Hall–Kier alpha value is -2.72. The smallest absolute Gasteiger partial charge is 0.550 e. The molecule has 31 heavy (non-hydrogen) atoms. The molecule has 1 heterocycles. The number of carbonyl (C=O) groups excluding carboxylic acids is 2. The van der Waals surface area contributed by atoms with Gasteiger partial charge in [0.15, 0.2) is 11.5 Å². The van der Waals surface area contributed by atoms with Crippen LogP contribution in [-0.4, -0.2) is 38.9 Å². The van der Waals surface area contributed by atoms with E-state index >= 15 is 0 Å². The van der Waals surface area contributed by atoms with Crippen LogP contribution in [-0.2, 0) is 9.59 Å². The summed E-state index contributed by atoms with van der Waals surface area (Å²) in [7, 11) is 3.01. The predicted molar refractivity (Wildman–Crippen MR) is 107 cm³/mol. The minimum atomic E-state index is -1.40. The van der Waals surface area contributed by atoms with Crippen LogP contribution in [0.15, 0.2) is 30.3 Å². The van der Waals surface area contributed by atoms with Crippen molar-refractivity contribution in [1.82, 2.24) is 0 Å². The fraction of sp³-hybridized carbons (Fsp3) is 0.238. The number of rotatable bonds is 8. The first-order chi connectivity index (χ1) is 14.4. The molecule has 1 aliphatic rings. The number of benzene rings is 2. The van der Waals surface area contributed by atoms with Crippen LogP contribution in [0.4, 0.5) is 5.69 Å². The number of anilines is 1. The summed E-state index contributed by atoms with van der Waals surface area (Å²) in [6.45, 7) is 0.139. The molecule has 9 nitrogen and oxygen atoms in total. The molecule has 0 unspecified atom stereocenters. The van der Waals surface area contributed by atoms with E-state index in [0.717, 1.165) is 11.1 Å². The van der Waals surface area contributed by atoms with Crippen LogP contribution in [0, 0.1) is 0 Å². The Balaban J connectivity index is 0.00000341. The Morgan fingerprint density at radius 3 is 2.52 bits per heavy atom. The van der Waals surface area contributed by atoms with Crippen molar-refractivity contribution in [2.75, 3.05) is 26.3 Å². The molecule has 158 valence electrons. The molecular weight excluding hydrogens is 415 g/mol. The number of carboxylic acids is 1. The zero-order chi connectivity index (χ0) is 21.7. The van der Waals surface area contributed by atoms with Crippen LogP contribution in [0.5, 0.6) is 23.0 Å². The van der Waals surface area contributed by atoms with Crippen LogP contribution in [0.1, 0.15) is 17.5 Å². The van der Waals surface area contributed by atoms with Gasteiger partial charge in [-0.1, -0.05) is 18.2 Å². The summed E-state index contributed by atoms with van der Waals surface area (Å²) >= 11 is 0. The SMILES string of the molecule is COc1ccc(/C=C\c2cc(OC)c3c(c2)OCO3)cc1NC(=O)[C@@H](N)CC(=O)[O-].[Na+]. The molecule has 0 fully saturated rings. The van der Waals surface area contributed by atoms with Gasteiger partial charge >= 0.3 is 29.6 Å². The van der Waals surface area contributed by atoms with Crippen LogP contribution >= 0.6 is 0 Å². The Labute approximate surface area is 201 Å². The number of nitrogens with two attached hydrogens (primary N) is 1. The number of aliphatic carboxylic acids is 1. The summed E-state index contributed by atoms with van der Waals surface area (Å²) in [6.07, 6.45) is 3.09. The largest absolute Gasteiger partial charge is 1.00 e. The van der Waals surface area contributed by atoms with Gasteiger partial charge in [-0.05, 0) is 35.4 Å². The van der Waals surface area contributed by atoms with Gasteiger partial charge in [0.05, 0.1) is 25.9 Å². The third-order valence-electron chi connectivity index (χ3n) is 4.35. The maximum absolute atomic E-state index is 12.1. The molecule has 1 atom stereocenters. The van der Waals surface area contributed by atoms with Gasteiger partial charge in [-0.25, -0.2) is 0 Å². The third-order valence-corrected chi connectivity index (χ3v) is 4.35. The second-order valence-corrected chi connectivity index (χ2v) is 6.42. The summed E-state index contributed by atoms with van der Waals surface area (Å²) in [5.41, 5.74) is 7.53. The molecule has 10 heteroatoms. The average Bonchev–Trinajstić information content (AvgIpc) is 3.20. The molecule has 0 aromatic heterocycles. The van der Waals surface area contributed by atoms with Crippen LogP contribution in [0.25, 0.3) is 12.2 Å². The summed E-state index contributed by atoms with van der Waals surface area (Å²) in [6, 6.07) is 7.57. The molecule has 1 amide bonds. The van der Waals surface area contributed by atoms with Gasteiger partial charge in [0, 0.05) is 12.4 Å². The molecule has 0 aliphatic carbocycles. The summed E-state index contributed by atoms with van der Waals surface area (Å²) in [5, 5.41) is 13.2. The van der Waals surface area contributed by atoms with E-state index in [1.807, 2.05) is 24.3 Å². The van der Waals surface area contributed by atoms with E-state index in [1.165, 1.54) is 7.11 Å².